The SMILES string of the molecule is C[C@@H]1CCCN(C(=O)COC(=O)c2ccccc2NC(=O)Cc2ccccc2)C1. The summed E-state index contributed by atoms with van der Waals surface area (Å²) < 4.78 is 5.24. The third kappa shape index (κ3) is 5.91. The van der Waals surface area contributed by atoms with Gasteiger partial charge in [-0.2, -0.15) is 0 Å². The second-order valence-electron chi connectivity index (χ2n) is 7.42. The number of nitrogens with one attached hydrogen (secondary N) is 1. The minimum Gasteiger partial charge on any atom is -0.452 e. The smallest absolute Gasteiger partial charge is 0.340 e. The van der Waals surface area contributed by atoms with Gasteiger partial charge in [0.25, 0.3) is 5.91 Å². The highest BCUT2D eigenvalue weighted by Gasteiger charge is 2.23. The van der Waals surface area contributed by atoms with Gasteiger partial charge in [0.15, 0.2) is 6.61 Å². The number of rotatable bonds is 6. The van der Waals surface area contributed by atoms with E-state index >= 15 is 0 Å². The third-order valence-corrected chi connectivity index (χ3v) is 4.97. The zero-order valence-electron chi connectivity index (χ0n) is 16.6. The van der Waals surface area contributed by atoms with Gasteiger partial charge in [0.1, 0.15) is 0 Å². The number of amides is 2. The Morgan fingerprint density at radius 3 is 2.55 bits per heavy atom. The van der Waals surface area contributed by atoms with Gasteiger partial charge in [0, 0.05) is 13.1 Å². The van der Waals surface area contributed by atoms with Crippen molar-refractivity contribution >= 4 is 23.5 Å². The summed E-state index contributed by atoms with van der Waals surface area (Å²) in [4.78, 5) is 38.9. The van der Waals surface area contributed by atoms with Crippen LogP contribution in [0.15, 0.2) is 54.6 Å². The predicted molar refractivity (Wildman–Crippen MR) is 110 cm³/mol. The molecule has 1 aliphatic rings. The van der Waals surface area contributed by atoms with Crippen molar-refractivity contribution < 1.29 is 19.1 Å². The second kappa shape index (κ2) is 9.87. The highest BCUT2D eigenvalue weighted by atomic mass is 16.5. The molecule has 1 N–H and O–H groups in total. The number of benzene rings is 2. The van der Waals surface area contributed by atoms with E-state index in [-0.39, 0.29) is 30.4 Å². The number of hydrogen-bond donors (Lipinski definition) is 1. The minimum absolute atomic E-state index is 0.185. The molecule has 0 aliphatic carbocycles. The van der Waals surface area contributed by atoms with Gasteiger partial charge in [-0.3, -0.25) is 9.59 Å². The topological polar surface area (TPSA) is 75.7 Å². The first kappa shape index (κ1) is 20.6. The van der Waals surface area contributed by atoms with Crippen LogP contribution >= 0.6 is 0 Å². The number of nitrogens with zero attached hydrogens (tertiary/aromatic N) is 1. The van der Waals surface area contributed by atoms with Crippen molar-refractivity contribution in [1.82, 2.24) is 4.90 Å². The van der Waals surface area contributed by atoms with E-state index in [9.17, 15) is 14.4 Å². The van der Waals surface area contributed by atoms with Crippen LogP contribution in [0.3, 0.4) is 0 Å². The van der Waals surface area contributed by atoms with E-state index in [1.807, 2.05) is 30.3 Å². The lowest BCUT2D eigenvalue weighted by molar-refractivity contribution is -0.136. The van der Waals surface area contributed by atoms with Crippen LogP contribution in [0.1, 0.15) is 35.7 Å². The molecule has 2 aromatic carbocycles. The van der Waals surface area contributed by atoms with Crippen LogP contribution in [0, 0.1) is 5.92 Å². The molecule has 29 heavy (non-hydrogen) atoms. The van der Waals surface area contributed by atoms with Crippen LogP contribution in [0.4, 0.5) is 5.69 Å². The van der Waals surface area contributed by atoms with Crippen LogP contribution in [0.2, 0.25) is 0 Å². The Labute approximate surface area is 170 Å². The molecule has 1 aliphatic heterocycles. The van der Waals surface area contributed by atoms with Gasteiger partial charge in [0.2, 0.25) is 5.91 Å². The summed E-state index contributed by atoms with van der Waals surface area (Å²) in [6.07, 6.45) is 2.28. The lowest BCUT2D eigenvalue weighted by atomic mass is 10.0. The zero-order valence-corrected chi connectivity index (χ0v) is 16.6. The van der Waals surface area contributed by atoms with Gasteiger partial charge in [0.05, 0.1) is 17.7 Å². The molecule has 0 spiro atoms. The number of carbonyl (C=O) groups is 3. The fourth-order valence-corrected chi connectivity index (χ4v) is 3.46. The fourth-order valence-electron chi connectivity index (χ4n) is 3.46. The number of likely N-dealkylation sites (tertiary alicyclic amines) is 1. The average molecular weight is 394 g/mol. The molecule has 0 aromatic heterocycles. The highest BCUT2D eigenvalue weighted by molar-refractivity contribution is 6.02. The normalized spacial score (nSPS) is 16.2. The van der Waals surface area contributed by atoms with Crippen LogP contribution in [0.25, 0.3) is 0 Å². The van der Waals surface area contributed by atoms with Crippen molar-refractivity contribution in [3.8, 4) is 0 Å². The summed E-state index contributed by atoms with van der Waals surface area (Å²) in [5.41, 5.74) is 1.48. The number of ether oxygens (including phenoxy) is 1. The molecule has 0 saturated carbocycles. The van der Waals surface area contributed by atoms with Crippen molar-refractivity contribution in [3.63, 3.8) is 0 Å². The number of carbonyl (C=O) groups excluding carboxylic acids is 3. The number of esters is 1. The maximum absolute atomic E-state index is 12.5. The third-order valence-electron chi connectivity index (χ3n) is 4.97. The first-order valence-corrected chi connectivity index (χ1v) is 9.90. The summed E-state index contributed by atoms with van der Waals surface area (Å²) >= 11 is 0. The summed E-state index contributed by atoms with van der Waals surface area (Å²) in [6.45, 7) is 3.22. The molecule has 0 radical (unpaired) electrons. The Hall–Kier alpha value is -3.15. The molecule has 1 saturated heterocycles. The molecule has 2 amide bonds. The van der Waals surface area contributed by atoms with Crippen LogP contribution in [-0.4, -0.2) is 42.4 Å². The Morgan fingerprint density at radius 2 is 1.79 bits per heavy atom. The van der Waals surface area contributed by atoms with Crippen LogP contribution < -0.4 is 5.32 Å². The number of para-hydroxylation sites is 1. The minimum atomic E-state index is -0.626. The van der Waals surface area contributed by atoms with Crippen LogP contribution in [0.5, 0.6) is 0 Å². The van der Waals surface area contributed by atoms with E-state index in [1.54, 1.807) is 29.2 Å². The van der Waals surface area contributed by atoms with E-state index in [2.05, 4.69) is 12.2 Å². The molecule has 1 heterocycles. The van der Waals surface area contributed by atoms with E-state index in [1.165, 1.54) is 0 Å². The maximum atomic E-state index is 12.5. The Morgan fingerprint density at radius 1 is 1.07 bits per heavy atom. The molecule has 0 unspecified atom stereocenters. The Bertz CT molecular complexity index is 866. The quantitative estimate of drug-likeness (QED) is 0.763. The van der Waals surface area contributed by atoms with Gasteiger partial charge in [-0.1, -0.05) is 49.4 Å². The van der Waals surface area contributed by atoms with E-state index in [0.717, 1.165) is 18.4 Å². The summed E-state index contributed by atoms with van der Waals surface area (Å²) in [5.74, 6) is -0.576. The van der Waals surface area contributed by atoms with E-state index in [4.69, 9.17) is 4.74 Å². The van der Waals surface area contributed by atoms with Gasteiger partial charge >= 0.3 is 5.97 Å². The molecule has 1 fully saturated rings. The van der Waals surface area contributed by atoms with Crippen molar-refractivity contribution in [2.45, 2.75) is 26.2 Å². The molecular weight excluding hydrogens is 368 g/mol. The first-order valence-electron chi connectivity index (χ1n) is 9.90. The maximum Gasteiger partial charge on any atom is 0.340 e. The molecule has 0 bridgehead atoms. The van der Waals surface area contributed by atoms with Crippen molar-refractivity contribution in [1.29, 1.82) is 0 Å². The van der Waals surface area contributed by atoms with Gasteiger partial charge < -0.3 is 15.0 Å². The summed E-state index contributed by atoms with van der Waals surface area (Å²) in [5, 5.41) is 2.76. The number of anilines is 1. The first-order chi connectivity index (χ1) is 14.0. The standard InChI is InChI=1S/C23H26N2O4/c1-17-8-7-13-25(15-17)22(27)16-29-23(28)19-11-5-6-12-20(19)24-21(26)14-18-9-3-2-4-10-18/h2-6,9-12,17H,7-8,13-16H2,1H3,(H,24,26)/t17-/m1/s1. The Kier molecular flexibility index (Phi) is 7.00. The molecule has 6 nitrogen and oxygen atoms in total. The van der Waals surface area contributed by atoms with Crippen molar-refractivity contribution in [2.75, 3.05) is 25.0 Å². The van der Waals surface area contributed by atoms with Gasteiger partial charge in [-0.15, -0.1) is 0 Å². The van der Waals surface area contributed by atoms with Crippen molar-refractivity contribution in [3.05, 3.63) is 65.7 Å². The van der Waals surface area contributed by atoms with E-state index in [0.29, 0.717) is 24.7 Å². The van der Waals surface area contributed by atoms with E-state index < -0.39 is 5.97 Å². The second-order valence-corrected chi connectivity index (χ2v) is 7.42. The lowest BCUT2D eigenvalue weighted by Crippen LogP contribution is -2.41. The Balaban J connectivity index is 1.58. The molecule has 2 aromatic rings. The summed E-state index contributed by atoms with van der Waals surface area (Å²) in [7, 11) is 0. The monoisotopic (exact) mass is 394 g/mol. The molecule has 3 rings (SSSR count). The molecule has 1 atom stereocenters. The molecule has 6 heteroatoms. The number of piperidine rings is 1. The van der Waals surface area contributed by atoms with Crippen LogP contribution in [-0.2, 0) is 20.7 Å². The predicted octanol–water partition coefficient (Wildman–Crippen LogP) is 3.28. The molecular formula is C23H26N2O4. The van der Waals surface area contributed by atoms with Crippen molar-refractivity contribution in [2.24, 2.45) is 5.92 Å². The molecule has 152 valence electrons. The van der Waals surface area contributed by atoms with Gasteiger partial charge in [-0.25, -0.2) is 4.79 Å². The highest BCUT2D eigenvalue weighted by Crippen LogP contribution is 2.18. The zero-order chi connectivity index (χ0) is 20.6. The number of hydrogen-bond acceptors (Lipinski definition) is 4. The lowest BCUT2D eigenvalue weighted by Gasteiger charge is -2.30. The largest absolute Gasteiger partial charge is 0.452 e. The fraction of sp³-hybridized carbons (Fsp3) is 0.348. The van der Waals surface area contributed by atoms with Gasteiger partial charge in [-0.05, 0) is 36.5 Å². The summed E-state index contributed by atoms with van der Waals surface area (Å²) in [6, 6.07) is 16.0. The average Bonchev–Trinajstić information content (AvgIpc) is 2.73.